The first-order valence-corrected chi connectivity index (χ1v) is 5.62. The van der Waals surface area contributed by atoms with E-state index in [1.165, 1.54) is 12.1 Å². The third kappa shape index (κ3) is 4.15. The van der Waals surface area contributed by atoms with E-state index in [0.29, 0.717) is 30.7 Å². The van der Waals surface area contributed by atoms with Crippen LogP contribution in [0.15, 0.2) is 18.2 Å². The van der Waals surface area contributed by atoms with E-state index >= 15 is 0 Å². The number of aldehydes is 1. The summed E-state index contributed by atoms with van der Waals surface area (Å²) < 4.78 is 18.4. The number of rotatable bonds is 6. The van der Waals surface area contributed by atoms with Crippen LogP contribution in [0.3, 0.4) is 0 Å². The van der Waals surface area contributed by atoms with Gasteiger partial charge in [0.25, 0.3) is 0 Å². The fourth-order valence-corrected chi connectivity index (χ4v) is 1.51. The summed E-state index contributed by atoms with van der Waals surface area (Å²) in [6, 6.07) is 4.19. The molecule has 3 nitrogen and oxygen atoms in total. The zero-order chi connectivity index (χ0) is 12.8. The summed E-state index contributed by atoms with van der Waals surface area (Å²) in [4.78, 5) is 12.7. The van der Waals surface area contributed by atoms with Gasteiger partial charge in [-0.3, -0.25) is 4.79 Å². The Morgan fingerprint density at radius 2 is 2.18 bits per heavy atom. The van der Waals surface area contributed by atoms with Gasteiger partial charge in [0.1, 0.15) is 5.82 Å². The van der Waals surface area contributed by atoms with E-state index in [0.717, 1.165) is 0 Å². The Labute approximate surface area is 101 Å². The zero-order valence-corrected chi connectivity index (χ0v) is 10.4. The third-order valence-electron chi connectivity index (χ3n) is 2.41. The molecule has 4 heteroatoms. The Bertz CT molecular complexity index is 380. The van der Waals surface area contributed by atoms with Crippen LogP contribution in [0.2, 0.25) is 0 Å². The van der Waals surface area contributed by atoms with E-state index in [1.54, 1.807) is 6.07 Å². The van der Waals surface area contributed by atoms with Crippen molar-refractivity contribution >= 4 is 12.0 Å². The van der Waals surface area contributed by atoms with Crippen LogP contribution >= 0.6 is 0 Å². The van der Waals surface area contributed by atoms with Crippen molar-refractivity contribution in [2.45, 2.75) is 20.0 Å². The summed E-state index contributed by atoms with van der Waals surface area (Å²) in [6.07, 6.45) is 0.847. The molecule has 0 bridgehead atoms. The summed E-state index contributed by atoms with van der Waals surface area (Å²) >= 11 is 0. The molecule has 0 N–H and O–H groups in total. The first-order chi connectivity index (χ1) is 8.04. The van der Waals surface area contributed by atoms with Crippen molar-refractivity contribution in [3.8, 4) is 0 Å². The topological polar surface area (TPSA) is 29.5 Å². The Morgan fingerprint density at radius 3 is 2.76 bits per heavy atom. The van der Waals surface area contributed by atoms with Crippen LogP contribution in [-0.2, 0) is 4.74 Å². The van der Waals surface area contributed by atoms with Crippen LogP contribution < -0.4 is 4.90 Å². The summed E-state index contributed by atoms with van der Waals surface area (Å²) in [5, 5.41) is 0. The average molecular weight is 239 g/mol. The second-order valence-corrected chi connectivity index (χ2v) is 4.16. The molecule has 0 saturated heterocycles. The number of halogens is 1. The van der Waals surface area contributed by atoms with E-state index in [-0.39, 0.29) is 6.10 Å². The highest BCUT2D eigenvalue weighted by molar-refractivity contribution is 5.84. The van der Waals surface area contributed by atoms with Crippen molar-refractivity contribution < 1.29 is 13.9 Å². The molecule has 1 aromatic rings. The molecule has 0 unspecified atom stereocenters. The molecule has 0 atom stereocenters. The standard InChI is InChI=1S/C13H18FNO2/c1-10(2)17-7-6-15(3)13-5-4-12(14)8-11(13)9-16/h4-5,8-10H,6-7H2,1-3H3. The smallest absolute Gasteiger partial charge is 0.152 e. The molecule has 0 saturated carbocycles. The Hall–Kier alpha value is -1.42. The second-order valence-electron chi connectivity index (χ2n) is 4.16. The first kappa shape index (κ1) is 13.6. The highest BCUT2D eigenvalue weighted by atomic mass is 19.1. The van der Waals surface area contributed by atoms with E-state index < -0.39 is 5.82 Å². The summed E-state index contributed by atoms with van der Waals surface area (Å²) in [5.41, 5.74) is 1.07. The van der Waals surface area contributed by atoms with Gasteiger partial charge >= 0.3 is 0 Å². The molecule has 0 fully saturated rings. The quantitative estimate of drug-likeness (QED) is 0.714. The minimum Gasteiger partial charge on any atom is -0.377 e. The van der Waals surface area contributed by atoms with Gasteiger partial charge < -0.3 is 9.64 Å². The fraction of sp³-hybridized carbons (Fsp3) is 0.462. The summed E-state index contributed by atoms with van der Waals surface area (Å²) in [5.74, 6) is -0.400. The van der Waals surface area contributed by atoms with Gasteiger partial charge in [0.15, 0.2) is 6.29 Å². The average Bonchev–Trinajstić information content (AvgIpc) is 2.28. The molecular formula is C13H18FNO2. The van der Waals surface area contributed by atoms with Crippen LogP contribution in [-0.4, -0.2) is 32.6 Å². The minimum atomic E-state index is -0.400. The molecule has 0 amide bonds. The lowest BCUT2D eigenvalue weighted by atomic mass is 10.2. The van der Waals surface area contributed by atoms with Crippen molar-refractivity contribution in [1.82, 2.24) is 0 Å². The number of hydrogen-bond donors (Lipinski definition) is 0. The fourth-order valence-electron chi connectivity index (χ4n) is 1.51. The lowest BCUT2D eigenvalue weighted by Crippen LogP contribution is -2.24. The van der Waals surface area contributed by atoms with Crippen molar-refractivity contribution in [3.05, 3.63) is 29.6 Å². The number of carbonyl (C=O) groups excluding carboxylic acids is 1. The van der Waals surface area contributed by atoms with Gasteiger partial charge in [-0.1, -0.05) is 0 Å². The maximum atomic E-state index is 13.0. The van der Waals surface area contributed by atoms with E-state index in [4.69, 9.17) is 4.74 Å². The molecule has 0 radical (unpaired) electrons. The molecule has 0 aliphatic rings. The van der Waals surface area contributed by atoms with Gasteiger partial charge in [-0.15, -0.1) is 0 Å². The first-order valence-electron chi connectivity index (χ1n) is 5.62. The van der Waals surface area contributed by atoms with Gasteiger partial charge in [0.2, 0.25) is 0 Å². The van der Waals surface area contributed by atoms with Gasteiger partial charge in [0.05, 0.1) is 12.7 Å². The molecule has 94 valence electrons. The van der Waals surface area contributed by atoms with Gasteiger partial charge in [-0.05, 0) is 32.0 Å². The molecule has 1 rings (SSSR count). The SMILES string of the molecule is CC(C)OCCN(C)c1ccc(F)cc1C=O. The van der Waals surface area contributed by atoms with Crippen molar-refractivity contribution in [2.24, 2.45) is 0 Å². The molecule has 0 spiro atoms. The Kier molecular flexibility index (Phi) is 5.10. The van der Waals surface area contributed by atoms with E-state index in [9.17, 15) is 9.18 Å². The number of benzene rings is 1. The predicted molar refractivity (Wildman–Crippen MR) is 66.1 cm³/mol. The monoisotopic (exact) mass is 239 g/mol. The zero-order valence-electron chi connectivity index (χ0n) is 10.4. The molecule has 0 aromatic heterocycles. The van der Waals surface area contributed by atoms with Crippen LogP contribution in [0.1, 0.15) is 24.2 Å². The van der Waals surface area contributed by atoms with Gasteiger partial charge in [0, 0.05) is 24.8 Å². The number of anilines is 1. The van der Waals surface area contributed by atoms with Crippen LogP contribution in [0.25, 0.3) is 0 Å². The van der Waals surface area contributed by atoms with E-state index in [1.807, 2.05) is 25.8 Å². The lowest BCUT2D eigenvalue weighted by molar-refractivity contribution is 0.0845. The lowest BCUT2D eigenvalue weighted by Gasteiger charge is -2.21. The highest BCUT2D eigenvalue weighted by Gasteiger charge is 2.08. The van der Waals surface area contributed by atoms with Crippen molar-refractivity contribution in [1.29, 1.82) is 0 Å². The van der Waals surface area contributed by atoms with E-state index in [2.05, 4.69) is 0 Å². The highest BCUT2D eigenvalue weighted by Crippen LogP contribution is 2.18. The number of ether oxygens (including phenoxy) is 1. The molecule has 0 heterocycles. The molecule has 0 aliphatic heterocycles. The predicted octanol–water partition coefficient (Wildman–Crippen LogP) is 2.50. The normalized spacial score (nSPS) is 10.6. The van der Waals surface area contributed by atoms with Crippen molar-refractivity contribution in [3.63, 3.8) is 0 Å². The number of nitrogens with zero attached hydrogens (tertiary/aromatic N) is 1. The molecule has 1 aromatic carbocycles. The molecule has 0 aliphatic carbocycles. The van der Waals surface area contributed by atoms with Gasteiger partial charge in [-0.2, -0.15) is 0 Å². The molecule has 17 heavy (non-hydrogen) atoms. The largest absolute Gasteiger partial charge is 0.377 e. The van der Waals surface area contributed by atoms with Crippen LogP contribution in [0.5, 0.6) is 0 Å². The van der Waals surface area contributed by atoms with Crippen LogP contribution in [0.4, 0.5) is 10.1 Å². The summed E-state index contributed by atoms with van der Waals surface area (Å²) in [6.45, 7) is 5.16. The minimum absolute atomic E-state index is 0.183. The number of carbonyl (C=O) groups is 1. The maximum Gasteiger partial charge on any atom is 0.152 e. The summed E-state index contributed by atoms with van der Waals surface area (Å²) in [7, 11) is 1.85. The second kappa shape index (κ2) is 6.35. The van der Waals surface area contributed by atoms with Crippen molar-refractivity contribution in [2.75, 3.05) is 25.1 Å². The third-order valence-corrected chi connectivity index (χ3v) is 2.41. The number of likely N-dealkylation sites (N-methyl/N-ethyl adjacent to an activating group) is 1. The van der Waals surface area contributed by atoms with Gasteiger partial charge in [-0.25, -0.2) is 4.39 Å². The number of hydrogen-bond acceptors (Lipinski definition) is 3. The van der Waals surface area contributed by atoms with Crippen LogP contribution in [0, 0.1) is 5.82 Å². The maximum absolute atomic E-state index is 13.0. The molecular weight excluding hydrogens is 221 g/mol. The Balaban J connectivity index is 2.68. The Morgan fingerprint density at radius 1 is 1.47 bits per heavy atom.